The van der Waals surface area contributed by atoms with Crippen LogP contribution in [0.25, 0.3) is 0 Å². The Labute approximate surface area is 362 Å². The molecule has 2 heterocycles. The van der Waals surface area contributed by atoms with E-state index in [9.17, 15) is 60.4 Å². The first-order chi connectivity index (χ1) is 28.8. The van der Waals surface area contributed by atoms with Crippen molar-refractivity contribution in [2.75, 3.05) is 45.3 Å². The van der Waals surface area contributed by atoms with Gasteiger partial charge in [0.1, 0.15) is 48.3 Å². The summed E-state index contributed by atoms with van der Waals surface area (Å²) in [7, 11) is 3.84. The van der Waals surface area contributed by atoms with E-state index < -0.39 is 111 Å². The van der Waals surface area contributed by atoms with Crippen LogP contribution in [0.1, 0.15) is 64.0 Å². The zero-order chi connectivity index (χ0) is 45.9. The molecule has 0 saturated carbocycles. The third kappa shape index (κ3) is 17.8. The van der Waals surface area contributed by atoms with Crippen molar-refractivity contribution in [3.05, 3.63) is 40.6 Å². The quantitative estimate of drug-likeness (QED) is 0.0131. The van der Waals surface area contributed by atoms with E-state index in [1.54, 1.807) is 45.0 Å². The number of nitrogens with one attached hydrogen (secondary N) is 3. The monoisotopic (exact) mass is 912 g/mol. The molecular weight excluding hydrogens is 849 g/mol. The lowest BCUT2D eigenvalue weighted by Crippen LogP contribution is -2.62. The average molecular weight is 913 g/mol. The van der Waals surface area contributed by atoms with Crippen LogP contribution in [0.4, 0.5) is 0 Å². The highest BCUT2D eigenvalue weighted by Crippen LogP contribution is 2.40. The standard InChI is InChI=1S/C24H38N2O12.C14H26N2O5S2/c1-24(2,3)26(36)9-13-6-4-12(5-7-13)8-25-22(35)19(33)18(32)21(14(29)10-27)38-23-20(34)17(31)16(30)15(11-28)37-23;17-8-14(9-18,10-19)16-13(21)7-15-12(20)4-2-1-3-11-5-6-22-23-11/h4-7,9,14-21,23,27-34H,8,10-11H2,1-3H3,(H,25,35);11,17-19H,1-10H2,(H,15,20)(H,16,21)/b26-9-;/t14-,15+,16+,17+,18-,19-,20+,21?,23+;/m1./s1. The maximum atomic E-state index is 12.5. The molecule has 2 aliphatic rings. The molecule has 1 aromatic rings. The molecule has 1 aromatic carbocycles. The molecule has 0 aliphatic carbocycles. The Morgan fingerprint density at radius 2 is 1.57 bits per heavy atom. The number of hydrogen-bond acceptors (Lipinski definition) is 19. The van der Waals surface area contributed by atoms with Crippen LogP contribution in [0.2, 0.25) is 0 Å². The van der Waals surface area contributed by atoms with Crippen molar-refractivity contribution in [3.8, 4) is 0 Å². The van der Waals surface area contributed by atoms with Gasteiger partial charge in [0.25, 0.3) is 5.91 Å². The Morgan fingerprint density at radius 3 is 2.11 bits per heavy atom. The topological polar surface area (TPSA) is 354 Å². The normalized spacial score (nSPS) is 24.1. The second kappa shape index (κ2) is 26.8. The SMILES string of the molecule is CC(C)(C)/[N+]([O-])=C/c1ccc(CNC(=O)[C@H](O)[C@@H](O)C(O[C@@H]2O[C@@H](CO)[C@H](O)[C@H](O)[C@@H]2O)[C@H](O)CO)cc1.O=C(CCCCC1CCSS1)NCC(=O)NC(CO)(CO)CO. The summed E-state index contributed by atoms with van der Waals surface area (Å²) in [5.41, 5.74) is -0.836. The van der Waals surface area contributed by atoms with Gasteiger partial charge in [0.2, 0.25) is 11.8 Å². The van der Waals surface area contributed by atoms with Crippen molar-refractivity contribution in [1.29, 1.82) is 0 Å². The highest BCUT2D eigenvalue weighted by molar-refractivity contribution is 8.77. The van der Waals surface area contributed by atoms with Gasteiger partial charge in [0.05, 0.1) is 39.6 Å². The summed E-state index contributed by atoms with van der Waals surface area (Å²) in [4.78, 5) is 35.8. The molecule has 2 saturated heterocycles. The third-order valence-corrected chi connectivity index (χ3v) is 12.7. The summed E-state index contributed by atoms with van der Waals surface area (Å²) >= 11 is 0. The number of aliphatic hydroxyl groups is 11. The lowest BCUT2D eigenvalue weighted by molar-refractivity contribution is -0.530. The summed E-state index contributed by atoms with van der Waals surface area (Å²) in [6.45, 7) is 1.48. The zero-order valence-electron chi connectivity index (χ0n) is 34.5. The summed E-state index contributed by atoms with van der Waals surface area (Å²) in [6.07, 6.45) is -10.7. The predicted octanol–water partition coefficient (Wildman–Crippen LogP) is -4.06. The lowest BCUT2D eigenvalue weighted by Gasteiger charge is -2.42. The molecule has 0 aromatic heterocycles. The zero-order valence-corrected chi connectivity index (χ0v) is 36.1. The number of carbonyl (C=O) groups is 3. The van der Waals surface area contributed by atoms with Crippen LogP contribution in [0.5, 0.6) is 0 Å². The largest absolute Gasteiger partial charge is 0.623 e. The summed E-state index contributed by atoms with van der Waals surface area (Å²) < 4.78 is 11.3. The van der Waals surface area contributed by atoms with Crippen molar-refractivity contribution >= 4 is 45.5 Å². The number of aliphatic hydroxyl groups excluding tert-OH is 11. The second-order valence-electron chi connectivity index (χ2n) is 15.7. The first kappa shape index (κ1) is 54.4. The fourth-order valence-electron chi connectivity index (χ4n) is 5.61. The van der Waals surface area contributed by atoms with E-state index in [2.05, 4.69) is 16.0 Å². The number of amides is 3. The molecule has 23 heteroatoms. The number of ether oxygens (including phenoxy) is 2. The highest BCUT2D eigenvalue weighted by Gasteiger charge is 2.47. The van der Waals surface area contributed by atoms with Gasteiger partial charge in [-0.25, -0.2) is 4.74 Å². The first-order valence-electron chi connectivity index (χ1n) is 19.7. The molecule has 0 bridgehead atoms. The molecule has 21 nitrogen and oxygen atoms in total. The van der Waals surface area contributed by atoms with Gasteiger partial charge >= 0.3 is 0 Å². The predicted molar refractivity (Wildman–Crippen MR) is 223 cm³/mol. The molecule has 3 rings (SSSR count). The molecular formula is C38H64N4O17S2. The van der Waals surface area contributed by atoms with E-state index >= 15 is 0 Å². The Morgan fingerprint density at radius 1 is 0.934 bits per heavy atom. The van der Waals surface area contributed by atoms with Crippen molar-refractivity contribution in [1.82, 2.24) is 16.0 Å². The highest BCUT2D eigenvalue weighted by atomic mass is 33.1. The van der Waals surface area contributed by atoms with E-state index in [1.807, 2.05) is 21.6 Å². The number of carbonyl (C=O) groups excluding carboxylic acids is 3. The van der Waals surface area contributed by atoms with Crippen LogP contribution in [0, 0.1) is 5.21 Å². The van der Waals surface area contributed by atoms with E-state index in [-0.39, 0.29) is 19.0 Å². The molecule has 2 aliphatic heterocycles. The van der Waals surface area contributed by atoms with Crippen LogP contribution in [0.3, 0.4) is 0 Å². The van der Waals surface area contributed by atoms with E-state index in [1.165, 1.54) is 18.4 Å². The van der Waals surface area contributed by atoms with Gasteiger partial charge in [-0.15, -0.1) is 0 Å². The molecule has 10 atom stereocenters. The van der Waals surface area contributed by atoms with E-state index in [4.69, 9.17) is 24.8 Å². The number of hydrogen-bond donors (Lipinski definition) is 14. The van der Waals surface area contributed by atoms with Crippen molar-refractivity contribution in [2.24, 2.45) is 0 Å². The van der Waals surface area contributed by atoms with Gasteiger partial charge in [-0.1, -0.05) is 40.1 Å². The van der Waals surface area contributed by atoms with Gasteiger partial charge in [0, 0.05) is 50.3 Å². The lowest BCUT2D eigenvalue weighted by atomic mass is 9.98. The Kier molecular flexibility index (Phi) is 23.9. The fourth-order valence-corrected chi connectivity index (χ4v) is 8.64. The van der Waals surface area contributed by atoms with Gasteiger partial charge < -0.3 is 86.8 Å². The van der Waals surface area contributed by atoms with Crippen molar-refractivity contribution in [2.45, 2.75) is 131 Å². The van der Waals surface area contributed by atoms with E-state index in [0.29, 0.717) is 22.8 Å². The van der Waals surface area contributed by atoms with Gasteiger partial charge in [-0.2, -0.15) is 0 Å². The number of hydroxylamine groups is 1. The van der Waals surface area contributed by atoms with Crippen molar-refractivity contribution in [3.63, 3.8) is 0 Å². The number of rotatable bonds is 22. The summed E-state index contributed by atoms with van der Waals surface area (Å²) in [5.74, 6) is -0.604. The average Bonchev–Trinajstić information content (AvgIpc) is 3.78. The van der Waals surface area contributed by atoms with Gasteiger partial charge in [-0.3, -0.25) is 14.4 Å². The molecule has 3 amide bonds. The first-order valence-corrected chi connectivity index (χ1v) is 22.1. The van der Waals surface area contributed by atoms with Gasteiger partial charge in [-0.05, 0) is 37.0 Å². The smallest absolute Gasteiger partial charge is 0.251 e. The van der Waals surface area contributed by atoms with Crippen LogP contribution < -0.4 is 16.0 Å². The maximum Gasteiger partial charge on any atom is 0.251 e. The molecule has 0 spiro atoms. The fraction of sp³-hybridized carbons (Fsp3) is 0.737. The van der Waals surface area contributed by atoms with Crippen LogP contribution in [-0.4, -0.2) is 202 Å². The third-order valence-electron chi connectivity index (χ3n) is 9.67. The van der Waals surface area contributed by atoms with Crippen LogP contribution in [0.15, 0.2) is 24.3 Å². The molecule has 61 heavy (non-hydrogen) atoms. The molecule has 2 fully saturated rings. The van der Waals surface area contributed by atoms with Gasteiger partial charge in [0.15, 0.2) is 24.1 Å². The summed E-state index contributed by atoms with van der Waals surface area (Å²) in [5, 5.41) is 127. The Hall–Kier alpha value is -2.72. The minimum Gasteiger partial charge on any atom is -0.623 e. The maximum absolute atomic E-state index is 12.5. The second-order valence-corrected chi connectivity index (χ2v) is 18.5. The molecule has 14 N–H and O–H groups in total. The Balaban J connectivity index is 0.000000476. The molecule has 0 radical (unpaired) electrons. The number of benzene rings is 1. The van der Waals surface area contributed by atoms with E-state index in [0.717, 1.165) is 24.0 Å². The van der Waals surface area contributed by atoms with Crippen LogP contribution in [-0.2, 0) is 30.4 Å². The number of nitrogens with zero attached hydrogens (tertiary/aromatic N) is 1. The molecule has 350 valence electrons. The Bertz CT molecular complexity index is 1490. The van der Waals surface area contributed by atoms with Crippen molar-refractivity contribution < 1.29 is 84.8 Å². The van der Waals surface area contributed by atoms with Crippen LogP contribution >= 0.6 is 21.6 Å². The number of unbranched alkanes of at least 4 members (excludes halogenated alkanes) is 1. The summed E-state index contributed by atoms with van der Waals surface area (Å²) in [6, 6.07) is 6.61. The minimum atomic E-state index is -2.17. The molecule has 2 unspecified atom stereocenters. The minimum absolute atomic E-state index is 0.0654.